The fourth-order valence-electron chi connectivity index (χ4n) is 2.12. The van der Waals surface area contributed by atoms with Gasteiger partial charge in [-0.3, -0.25) is 4.68 Å². The molecule has 0 amide bonds. The third kappa shape index (κ3) is 1.82. The predicted molar refractivity (Wildman–Crippen MR) is 67.5 cm³/mol. The van der Waals surface area contributed by atoms with Crippen LogP contribution < -0.4 is 15.2 Å². The number of aromatic nitrogens is 2. The highest BCUT2D eigenvalue weighted by Gasteiger charge is 2.15. The van der Waals surface area contributed by atoms with Crippen molar-refractivity contribution in [1.29, 1.82) is 0 Å². The summed E-state index contributed by atoms with van der Waals surface area (Å²) < 4.78 is 12.5. The summed E-state index contributed by atoms with van der Waals surface area (Å²) in [5.41, 5.74) is 8.67. The third-order valence-electron chi connectivity index (χ3n) is 3.00. The maximum absolute atomic E-state index is 5.55. The quantitative estimate of drug-likeness (QED) is 0.885. The molecule has 0 bridgehead atoms. The molecule has 1 aromatic heterocycles. The van der Waals surface area contributed by atoms with Crippen LogP contribution in [-0.4, -0.2) is 23.1 Å². The third-order valence-corrected chi connectivity index (χ3v) is 3.00. The van der Waals surface area contributed by atoms with Gasteiger partial charge in [0.05, 0.1) is 11.4 Å². The van der Waals surface area contributed by atoms with Crippen molar-refractivity contribution in [2.45, 2.75) is 6.42 Å². The topological polar surface area (TPSA) is 62.3 Å². The average molecular weight is 245 g/mol. The van der Waals surface area contributed by atoms with Gasteiger partial charge in [-0.05, 0) is 30.8 Å². The maximum Gasteiger partial charge on any atom is 0.231 e. The highest BCUT2D eigenvalue weighted by atomic mass is 16.7. The first-order valence-corrected chi connectivity index (χ1v) is 5.91. The first kappa shape index (κ1) is 11.1. The molecule has 0 saturated heterocycles. The second kappa shape index (κ2) is 4.34. The van der Waals surface area contributed by atoms with Gasteiger partial charge in [-0.15, -0.1) is 0 Å². The number of nitrogens with zero attached hydrogens (tertiary/aromatic N) is 2. The molecule has 0 unspecified atom stereocenters. The molecule has 0 fully saturated rings. The Morgan fingerprint density at radius 3 is 2.94 bits per heavy atom. The van der Waals surface area contributed by atoms with Gasteiger partial charge in [0, 0.05) is 19.0 Å². The van der Waals surface area contributed by atoms with Crippen molar-refractivity contribution in [3.63, 3.8) is 0 Å². The van der Waals surface area contributed by atoms with Gasteiger partial charge in [0.1, 0.15) is 0 Å². The molecule has 1 aliphatic rings. The van der Waals surface area contributed by atoms with Crippen molar-refractivity contribution < 1.29 is 9.47 Å². The van der Waals surface area contributed by atoms with Gasteiger partial charge in [-0.25, -0.2) is 0 Å². The standard InChI is InChI=1S/C13H15N3O2/c1-16-11(7-10(15-16)4-5-14)9-2-3-12-13(6-9)18-8-17-12/h2-3,6-7H,4-5,8,14H2,1H3. The zero-order valence-electron chi connectivity index (χ0n) is 10.2. The Morgan fingerprint density at radius 2 is 2.11 bits per heavy atom. The number of rotatable bonds is 3. The first-order valence-electron chi connectivity index (χ1n) is 5.91. The molecule has 2 heterocycles. The van der Waals surface area contributed by atoms with Crippen LogP contribution in [0.1, 0.15) is 5.69 Å². The number of ether oxygens (including phenoxy) is 2. The number of aryl methyl sites for hydroxylation is 1. The van der Waals surface area contributed by atoms with Crippen LogP contribution in [0.2, 0.25) is 0 Å². The first-order chi connectivity index (χ1) is 8.78. The van der Waals surface area contributed by atoms with Gasteiger partial charge in [0.2, 0.25) is 6.79 Å². The molecular formula is C13H15N3O2. The lowest BCUT2D eigenvalue weighted by Gasteiger charge is -2.03. The predicted octanol–water partition coefficient (Wildman–Crippen LogP) is 1.32. The molecule has 18 heavy (non-hydrogen) atoms. The Morgan fingerprint density at radius 1 is 1.28 bits per heavy atom. The lowest BCUT2D eigenvalue weighted by atomic mass is 10.1. The summed E-state index contributed by atoms with van der Waals surface area (Å²) in [7, 11) is 1.93. The smallest absolute Gasteiger partial charge is 0.231 e. The van der Waals surface area contributed by atoms with E-state index < -0.39 is 0 Å². The summed E-state index contributed by atoms with van der Waals surface area (Å²) in [6.07, 6.45) is 0.790. The van der Waals surface area contributed by atoms with Gasteiger partial charge in [0.25, 0.3) is 0 Å². The summed E-state index contributed by atoms with van der Waals surface area (Å²) in [6, 6.07) is 7.97. The number of hydrogen-bond acceptors (Lipinski definition) is 4. The molecule has 0 aliphatic carbocycles. The van der Waals surface area contributed by atoms with Crippen LogP contribution >= 0.6 is 0 Å². The highest BCUT2D eigenvalue weighted by Crippen LogP contribution is 2.35. The van der Waals surface area contributed by atoms with Crippen LogP contribution in [0.25, 0.3) is 11.3 Å². The molecule has 0 saturated carbocycles. The number of nitrogens with two attached hydrogens (primary N) is 1. The molecule has 2 N–H and O–H groups in total. The van der Waals surface area contributed by atoms with Crippen LogP contribution in [0.15, 0.2) is 24.3 Å². The lowest BCUT2D eigenvalue weighted by Crippen LogP contribution is -2.03. The normalized spacial score (nSPS) is 13.0. The van der Waals surface area contributed by atoms with E-state index in [1.807, 2.05) is 29.9 Å². The van der Waals surface area contributed by atoms with Crippen molar-refractivity contribution in [3.8, 4) is 22.8 Å². The second-order valence-electron chi connectivity index (χ2n) is 4.25. The number of fused-ring (bicyclic) bond motifs is 1. The molecule has 0 atom stereocenters. The van der Waals surface area contributed by atoms with E-state index in [0.29, 0.717) is 13.3 Å². The molecule has 1 aromatic carbocycles. The van der Waals surface area contributed by atoms with E-state index in [1.54, 1.807) is 0 Å². The zero-order chi connectivity index (χ0) is 12.5. The minimum Gasteiger partial charge on any atom is -0.454 e. The minimum atomic E-state index is 0.294. The average Bonchev–Trinajstić information content (AvgIpc) is 2.95. The van der Waals surface area contributed by atoms with E-state index in [0.717, 1.165) is 34.9 Å². The summed E-state index contributed by atoms with van der Waals surface area (Å²) in [5.74, 6) is 1.58. The summed E-state index contributed by atoms with van der Waals surface area (Å²) >= 11 is 0. The minimum absolute atomic E-state index is 0.294. The molecule has 5 heteroatoms. The molecule has 0 spiro atoms. The zero-order valence-corrected chi connectivity index (χ0v) is 10.2. The van der Waals surface area contributed by atoms with E-state index in [4.69, 9.17) is 15.2 Å². The van der Waals surface area contributed by atoms with E-state index in [9.17, 15) is 0 Å². The van der Waals surface area contributed by atoms with Crippen LogP contribution in [0.5, 0.6) is 11.5 Å². The fraction of sp³-hybridized carbons (Fsp3) is 0.308. The van der Waals surface area contributed by atoms with Crippen molar-refractivity contribution in [3.05, 3.63) is 30.0 Å². The Balaban J connectivity index is 1.99. The molecule has 2 aromatic rings. The Labute approximate surface area is 105 Å². The van der Waals surface area contributed by atoms with Gasteiger partial charge in [-0.2, -0.15) is 5.10 Å². The van der Waals surface area contributed by atoms with Gasteiger partial charge < -0.3 is 15.2 Å². The molecule has 94 valence electrons. The molecule has 1 aliphatic heterocycles. The molecule has 0 radical (unpaired) electrons. The van der Waals surface area contributed by atoms with E-state index in [1.165, 1.54) is 0 Å². The van der Waals surface area contributed by atoms with Crippen LogP contribution in [0.3, 0.4) is 0 Å². The van der Waals surface area contributed by atoms with Gasteiger partial charge in [0.15, 0.2) is 11.5 Å². The van der Waals surface area contributed by atoms with Crippen molar-refractivity contribution in [1.82, 2.24) is 9.78 Å². The monoisotopic (exact) mass is 245 g/mol. The van der Waals surface area contributed by atoms with Crippen LogP contribution in [-0.2, 0) is 13.5 Å². The maximum atomic E-state index is 5.55. The summed E-state index contributed by atoms with van der Waals surface area (Å²) in [5, 5.41) is 4.43. The highest BCUT2D eigenvalue weighted by molar-refractivity contribution is 5.65. The fourth-order valence-corrected chi connectivity index (χ4v) is 2.12. The SMILES string of the molecule is Cn1nc(CCN)cc1-c1ccc2c(c1)OCO2. The number of benzene rings is 1. The Bertz CT molecular complexity index is 578. The number of hydrogen-bond donors (Lipinski definition) is 1. The van der Waals surface area contributed by atoms with Crippen molar-refractivity contribution in [2.75, 3.05) is 13.3 Å². The van der Waals surface area contributed by atoms with Crippen molar-refractivity contribution >= 4 is 0 Å². The van der Waals surface area contributed by atoms with Gasteiger partial charge in [-0.1, -0.05) is 0 Å². The van der Waals surface area contributed by atoms with E-state index in [2.05, 4.69) is 11.2 Å². The van der Waals surface area contributed by atoms with E-state index >= 15 is 0 Å². The Hall–Kier alpha value is -2.01. The second-order valence-corrected chi connectivity index (χ2v) is 4.25. The largest absolute Gasteiger partial charge is 0.454 e. The van der Waals surface area contributed by atoms with Crippen LogP contribution in [0.4, 0.5) is 0 Å². The van der Waals surface area contributed by atoms with Gasteiger partial charge >= 0.3 is 0 Å². The van der Waals surface area contributed by atoms with Crippen LogP contribution in [0, 0.1) is 0 Å². The Kier molecular flexibility index (Phi) is 2.68. The molecule has 3 rings (SSSR count). The summed E-state index contributed by atoms with van der Waals surface area (Å²) in [4.78, 5) is 0. The molecule has 5 nitrogen and oxygen atoms in total. The van der Waals surface area contributed by atoms with Crippen molar-refractivity contribution in [2.24, 2.45) is 12.8 Å². The summed E-state index contributed by atoms with van der Waals surface area (Å²) in [6.45, 7) is 0.903. The lowest BCUT2D eigenvalue weighted by molar-refractivity contribution is 0.174. The molecular weight excluding hydrogens is 230 g/mol. The van der Waals surface area contributed by atoms with E-state index in [-0.39, 0.29) is 0 Å².